The van der Waals surface area contributed by atoms with Crippen molar-refractivity contribution in [2.45, 2.75) is 66.2 Å². The van der Waals surface area contributed by atoms with E-state index in [1.54, 1.807) is 5.57 Å². The summed E-state index contributed by atoms with van der Waals surface area (Å²) in [5, 5.41) is 11.8. The summed E-state index contributed by atoms with van der Waals surface area (Å²) >= 11 is 0. The van der Waals surface area contributed by atoms with E-state index in [9.17, 15) is 9.90 Å². The van der Waals surface area contributed by atoms with Crippen LogP contribution in [0.1, 0.15) is 66.2 Å². The number of carbonyl (C=O) groups is 1. The van der Waals surface area contributed by atoms with Gasteiger partial charge in [0, 0.05) is 11.4 Å². The van der Waals surface area contributed by atoms with Gasteiger partial charge in [0.2, 0.25) is 0 Å². The number of carbonyl (C=O) groups excluding carboxylic acids is 1. The third-order valence-corrected chi connectivity index (χ3v) is 7.05. The zero-order valence-electron chi connectivity index (χ0n) is 14.4. The minimum Gasteiger partial charge on any atom is -0.550 e. The molecule has 0 heterocycles. The van der Waals surface area contributed by atoms with Gasteiger partial charge < -0.3 is 9.90 Å². The van der Waals surface area contributed by atoms with Gasteiger partial charge in [0.15, 0.2) is 0 Å². The van der Waals surface area contributed by atoms with Crippen molar-refractivity contribution < 1.29 is 9.90 Å². The molecule has 0 unspecified atom stereocenters. The lowest BCUT2D eigenvalue weighted by molar-refractivity contribution is -0.326. The normalized spacial score (nSPS) is 41.3. The number of aliphatic carboxylic acids is 1. The van der Waals surface area contributed by atoms with Gasteiger partial charge in [-0.3, -0.25) is 0 Å². The highest BCUT2D eigenvalue weighted by molar-refractivity contribution is 5.73. The fraction of sp³-hybridized carbons (Fsp3) is 0.750. The number of fused-ring (bicyclic) bond motifs is 3. The Morgan fingerprint density at radius 1 is 1.32 bits per heavy atom. The Morgan fingerprint density at radius 2 is 2.05 bits per heavy atom. The standard InChI is InChI=1S/C20H30O2/c1-13(2)14-6-8-16-15(12-14)7-9-17-19(16,3)10-5-11-20(17,4)18(21)22/h7,12-13,16-17H,5-6,8-11H2,1-4H3,(H,21,22)/p-1/t16-,17-,19+,20-/m1/s1. The van der Waals surface area contributed by atoms with Gasteiger partial charge in [0.05, 0.1) is 0 Å². The number of allylic oxidation sites excluding steroid dienone is 4. The lowest BCUT2D eigenvalue weighted by Gasteiger charge is -2.58. The number of hydrogen-bond acceptors (Lipinski definition) is 2. The molecule has 122 valence electrons. The van der Waals surface area contributed by atoms with Crippen LogP contribution in [0.5, 0.6) is 0 Å². The van der Waals surface area contributed by atoms with Crippen LogP contribution in [0.15, 0.2) is 23.3 Å². The average Bonchev–Trinajstić information content (AvgIpc) is 2.46. The summed E-state index contributed by atoms with van der Waals surface area (Å²) in [6, 6.07) is 0. The monoisotopic (exact) mass is 301 g/mol. The Hall–Kier alpha value is -1.05. The molecule has 3 aliphatic rings. The third-order valence-electron chi connectivity index (χ3n) is 7.05. The summed E-state index contributed by atoms with van der Waals surface area (Å²) in [5.41, 5.74) is 2.51. The molecule has 0 radical (unpaired) electrons. The average molecular weight is 301 g/mol. The van der Waals surface area contributed by atoms with Gasteiger partial charge in [-0.25, -0.2) is 0 Å². The van der Waals surface area contributed by atoms with E-state index in [-0.39, 0.29) is 11.3 Å². The van der Waals surface area contributed by atoms with Crippen molar-refractivity contribution in [3.63, 3.8) is 0 Å². The fourth-order valence-corrected chi connectivity index (χ4v) is 5.59. The molecule has 22 heavy (non-hydrogen) atoms. The van der Waals surface area contributed by atoms with Crippen LogP contribution in [-0.4, -0.2) is 5.97 Å². The predicted octanol–water partition coefficient (Wildman–Crippen LogP) is 3.87. The summed E-state index contributed by atoms with van der Waals surface area (Å²) in [5.74, 6) is 0.538. The molecule has 0 amide bonds. The molecule has 0 aliphatic heterocycles. The van der Waals surface area contributed by atoms with Crippen molar-refractivity contribution in [3.05, 3.63) is 23.3 Å². The van der Waals surface area contributed by atoms with Gasteiger partial charge in [0.25, 0.3) is 0 Å². The molecule has 3 rings (SSSR count). The van der Waals surface area contributed by atoms with Crippen LogP contribution in [0, 0.1) is 28.6 Å². The molecule has 3 aliphatic carbocycles. The fourth-order valence-electron chi connectivity index (χ4n) is 5.59. The van der Waals surface area contributed by atoms with Gasteiger partial charge >= 0.3 is 0 Å². The minimum atomic E-state index is -0.838. The molecule has 1 saturated carbocycles. The smallest absolute Gasteiger partial charge is 0.0476 e. The Morgan fingerprint density at radius 3 is 2.68 bits per heavy atom. The first-order valence-electron chi connectivity index (χ1n) is 8.91. The van der Waals surface area contributed by atoms with Gasteiger partial charge in [-0.05, 0) is 60.8 Å². The zero-order valence-corrected chi connectivity index (χ0v) is 14.4. The van der Waals surface area contributed by atoms with Gasteiger partial charge in [-0.2, -0.15) is 0 Å². The Bertz CT molecular complexity index is 542. The maximum Gasteiger partial charge on any atom is 0.0476 e. The summed E-state index contributed by atoms with van der Waals surface area (Å²) in [7, 11) is 0. The number of carboxylic acid groups (broad SMARTS) is 1. The van der Waals surface area contributed by atoms with E-state index in [1.807, 2.05) is 6.92 Å². The molecular formula is C20H29O2-. The van der Waals surface area contributed by atoms with E-state index in [4.69, 9.17) is 0 Å². The topological polar surface area (TPSA) is 40.1 Å². The van der Waals surface area contributed by atoms with Crippen molar-refractivity contribution in [2.24, 2.45) is 28.6 Å². The highest BCUT2D eigenvalue weighted by Gasteiger charge is 2.54. The molecule has 0 spiro atoms. The highest BCUT2D eigenvalue weighted by atomic mass is 16.4. The van der Waals surface area contributed by atoms with Gasteiger partial charge in [0.1, 0.15) is 0 Å². The van der Waals surface area contributed by atoms with E-state index in [2.05, 4.69) is 32.9 Å². The molecule has 1 fully saturated rings. The van der Waals surface area contributed by atoms with Gasteiger partial charge in [-0.1, -0.05) is 51.8 Å². The molecule has 2 nitrogen and oxygen atoms in total. The number of rotatable bonds is 2. The van der Waals surface area contributed by atoms with Crippen LogP contribution in [0.4, 0.5) is 0 Å². The van der Waals surface area contributed by atoms with Crippen LogP contribution < -0.4 is 5.11 Å². The lowest BCUT2D eigenvalue weighted by Crippen LogP contribution is -2.56. The lowest BCUT2D eigenvalue weighted by atomic mass is 9.47. The van der Waals surface area contributed by atoms with Crippen LogP contribution in [0.2, 0.25) is 0 Å². The molecule has 0 N–H and O–H groups in total. The summed E-state index contributed by atoms with van der Waals surface area (Å²) < 4.78 is 0. The molecule has 0 saturated heterocycles. The first-order chi connectivity index (χ1) is 10.3. The summed E-state index contributed by atoms with van der Waals surface area (Å²) in [6.07, 6.45) is 11.0. The predicted molar refractivity (Wildman–Crippen MR) is 86.9 cm³/mol. The first-order valence-corrected chi connectivity index (χ1v) is 8.91. The largest absolute Gasteiger partial charge is 0.550 e. The first kappa shape index (κ1) is 15.8. The van der Waals surface area contributed by atoms with Crippen LogP contribution in [0.25, 0.3) is 0 Å². The molecule has 4 atom stereocenters. The van der Waals surface area contributed by atoms with E-state index >= 15 is 0 Å². The van der Waals surface area contributed by atoms with Crippen molar-refractivity contribution in [2.75, 3.05) is 0 Å². The number of hydrogen-bond donors (Lipinski definition) is 0. The Kier molecular flexibility index (Phi) is 3.78. The van der Waals surface area contributed by atoms with Crippen molar-refractivity contribution in [1.82, 2.24) is 0 Å². The second-order valence-corrected chi connectivity index (χ2v) is 8.52. The van der Waals surface area contributed by atoms with Crippen LogP contribution >= 0.6 is 0 Å². The SMILES string of the molecule is CC(C)C1=CC2=CC[C@@H]3[C@@](C)(CCC[C@@]3(C)C(=O)[O-])[C@@H]2CC1. The Labute approximate surface area is 134 Å². The maximum absolute atomic E-state index is 11.8. The van der Waals surface area contributed by atoms with Crippen molar-refractivity contribution >= 4 is 5.97 Å². The minimum absolute atomic E-state index is 0.121. The van der Waals surface area contributed by atoms with Crippen molar-refractivity contribution in [1.29, 1.82) is 0 Å². The van der Waals surface area contributed by atoms with Gasteiger partial charge in [-0.15, -0.1) is 0 Å². The van der Waals surface area contributed by atoms with E-state index in [0.29, 0.717) is 11.8 Å². The maximum atomic E-state index is 11.8. The summed E-state index contributed by atoms with van der Waals surface area (Å²) in [4.78, 5) is 11.8. The molecule has 0 aromatic rings. The van der Waals surface area contributed by atoms with E-state index in [0.717, 1.165) is 25.7 Å². The third kappa shape index (κ3) is 2.18. The molecule has 2 heteroatoms. The second kappa shape index (κ2) is 5.25. The molecule has 0 bridgehead atoms. The molecule has 0 aromatic heterocycles. The van der Waals surface area contributed by atoms with E-state index < -0.39 is 11.4 Å². The van der Waals surface area contributed by atoms with E-state index in [1.165, 1.54) is 18.4 Å². The zero-order chi connectivity index (χ0) is 16.1. The summed E-state index contributed by atoms with van der Waals surface area (Å²) in [6.45, 7) is 8.83. The second-order valence-electron chi connectivity index (χ2n) is 8.52. The van der Waals surface area contributed by atoms with Crippen LogP contribution in [0.3, 0.4) is 0 Å². The quantitative estimate of drug-likeness (QED) is 0.776. The highest BCUT2D eigenvalue weighted by Crippen LogP contribution is 2.61. The van der Waals surface area contributed by atoms with Crippen LogP contribution in [-0.2, 0) is 4.79 Å². The van der Waals surface area contributed by atoms with Crippen molar-refractivity contribution in [3.8, 4) is 0 Å². The molecular weight excluding hydrogens is 272 g/mol. The number of carboxylic acids is 1. The molecule has 0 aromatic carbocycles. The Balaban J connectivity index is 2.00.